The summed E-state index contributed by atoms with van der Waals surface area (Å²) in [6.45, 7) is 0. The van der Waals surface area contributed by atoms with Crippen molar-refractivity contribution >= 4 is 7.60 Å². The summed E-state index contributed by atoms with van der Waals surface area (Å²) in [4.78, 5) is 42.7. The van der Waals surface area contributed by atoms with Gasteiger partial charge in [0.1, 0.15) is 6.35 Å². The number of nitrogens with one attached hydrogen (secondary N) is 1. The van der Waals surface area contributed by atoms with Gasteiger partial charge in [-0.05, 0) is 12.8 Å². The van der Waals surface area contributed by atoms with Crippen molar-refractivity contribution in [2.24, 2.45) is 0 Å². The molecular formula is C11H17N2O6P. The summed E-state index contributed by atoms with van der Waals surface area (Å²) in [6, 6.07) is 0.926. The maximum absolute atomic E-state index is 11.8. The summed E-state index contributed by atoms with van der Waals surface area (Å²) in [5.74, 6) is 0. The van der Waals surface area contributed by atoms with E-state index < -0.39 is 31.3 Å². The largest absolute Gasteiger partial charge is 0.363 e. The van der Waals surface area contributed by atoms with Gasteiger partial charge in [-0.2, -0.15) is 0 Å². The zero-order valence-corrected chi connectivity index (χ0v) is 11.7. The quantitative estimate of drug-likeness (QED) is 0.682. The van der Waals surface area contributed by atoms with Crippen LogP contribution in [0.1, 0.15) is 31.7 Å². The fourth-order valence-corrected chi connectivity index (χ4v) is 2.86. The number of ether oxygens (including phenoxy) is 1. The van der Waals surface area contributed by atoms with E-state index in [4.69, 9.17) is 14.5 Å². The molecule has 112 valence electrons. The van der Waals surface area contributed by atoms with Crippen molar-refractivity contribution in [2.75, 3.05) is 6.35 Å². The SMILES string of the molecule is O=c1ccn([C@H]2CCCC[C@@H]2OCP(=O)(O)O)c(=O)[nH]1. The van der Waals surface area contributed by atoms with E-state index in [0.29, 0.717) is 12.8 Å². The highest BCUT2D eigenvalue weighted by Gasteiger charge is 2.30. The zero-order chi connectivity index (χ0) is 14.8. The van der Waals surface area contributed by atoms with Crippen molar-refractivity contribution in [3.05, 3.63) is 33.1 Å². The van der Waals surface area contributed by atoms with Crippen LogP contribution in [0, 0.1) is 0 Å². The topological polar surface area (TPSA) is 122 Å². The zero-order valence-electron chi connectivity index (χ0n) is 10.8. The number of rotatable bonds is 4. The van der Waals surface area contributed by atoms with Crippen molar-refractivity contribution in [1.29, 1.82) is 0 Å². The van der Waals surface area contributed by atoms with E-state index in [9.17, 15) is 14.2 Å². The molecule has 0 bridgehead atoms. The fraction of sp³-hybridized carbons (Fsp3) is 0.636. The summed E-state index contributed by atoms with van der Waals surface area (Å²) < 4.78 is 17.5. The molecule has 1 aromatic heterocycles. The van der Waals surface area contributed by atoms with E-state index in [0.717, 1.165) is 12.8 Å². The third kappa shape index (κ3) is 3.89. The van der Waals surface area contributed by atoms with Gasteiger partial charge in [-0.1, -0.05) is 12.8 Å². The average molecular weight is 304 g/mol. The Hall–Kier alpha value is -1.21. The molecule has 0 aromatic carbocycles. The molecule has 1 heterocycles. The van der Waals surface area contributed by atoms with E-state index in [1.807, 2.05) is 0 Å². The molecule has 0 spiro atoms. The van der Waals surface area contributed by atoms with Gasteiger partial charge in [0, 0.05) is 12.3 Å². The third-order valence-electron chi connectivity index (χ3n) is 3.33. The van der Waals surface area contributed by atoms with Crippen LogP contribution in [0.4, 0.5) is 0 Å². The van der Waals surface area contributed by atoms with Gasteiger partial charge in [-0.15, -0.1) is 0 Å². The van der Waals surface area contributed by atoms with Crippen LogP contribution >= 0.6 is 7.60 Å². The Morgan fingerprint density at radius 3 is 2.70 bits per heavy atom. The second-order valence-electron chi connectivity index (χ2n) is 4.87. The molecule has 0 amide bonds. The minimum absolute atomic E-state index is 0.320. The molecule has 0 unspecified atom stereocenters. The molecule has 2 rings (SSSR count). The Labute approximate surface area is 114 Å². The van der Waals surface area contributed by atoms with Crippen molar-refractivity contribution in [2.45, 2.75) is 37.8 Å². The van der Waals surface area contributed by atoms with Crippen LogP contribution in [-0.4, -0.2) is 31.8 Å². The predicted octanol–water partition coefficient (Wildman–Crippen LogP) is 0.172. The van der Waals surface area contributed by atoms with Gasteiger partial charge in [-0.25, -0.2) is 4.79 Å². The highest BCUT2D eigenvalue weighted by Crippen LogP contribution is 2.37. The van der Waals surface area contributed by atoms with E-state index in [1.165, 1.54) is 16.8 Å². The first-order valence-corrected chi connectivity index (χ1v) is 8.14. The Morgan fingerprint density at radius 1 is 1.35 bits per heavy atom. The number of H-pyrrole nitrogens is 1. The minimum atomic E-state index is -4.24. The summed E-state index contributed by atoms with van der Waals surface area (Å²) in [6.07, 6.45) is 3.34. The molecule has 1 aromatic rings. The van der Waals surface area contributed by atoms with Crippen LogP contribution in [0.2, 0.25) is 0 Å². The first-order valence-electron chi connectivity index (χ1n) is 6.34. The lowest BCUT2D eigenvalue weighted by Gasteiger charge is -2.32. The molecule has 3 N–H and O–H groups in total. The molecule has 9 heteroatoms. The molecule has 0 aliphatic heterocycles. The van der Waals surface area contributed by atoms with E-state index in [-0.39, 0.29) is 6.04 Å². The van der Waals surface area contributed by atoms with Gasteiger partial charge >= 0.3 is 13.3 Å². The molecule has 1 aliphatic carbocycles. The van der Waals surface area contributed by atoms with Gasteiger partial charge in [0.15, 0.2) is 0 Å². The first-order chi connectivity index (χ1) is 9.37. The standard InChI is InChI=1S/C11H17N2O6P/c14-10-5-6-13(11(15)12-10)8-3-1-2-4-9(8)19-7-20(16,17)18/h5-6,8-9H,1-4,7H2,(H,12,14,15)(H2,16,17,18)/t8-,9-/m0/s1. The smallest absolute Gasteiger partial charge is 0.350 e. The maximum atomic E-state index is 11.8. The van der Waals surface area contributed by atoms with Crippen molar-refractivity contribution in [3.8, 4) is 0 Å². The van der Waals surface area contributed by atoms with Crippen LogP contribution < -0.4 is 11.2 Å². The Bertz CT molecular complexity index is 618. The van der Waals surface area contributed by atoms with Crippen molar-refractivity contribution in [3.63, 3.8) is 0 Å². The summed E-state index contributed by atoms with van der Waals surface area (Å²) in [7, 11) is -4.24. The highest BCUT2D eigenvalue weighted by atomic mass is 31.2. The second-order valence-corrected chi connectivity index (χ2v) is 6.46. The summed E-state index contributed by atoms with van der Waals surface area (Å²) in [5, 5.41) is 0. The van der Waals surface area contributed by atoms with Crippen molar-refractivity contribution < 1.29 is 19.1 Å². The number of aromatic amines is 1. The number of hydrogen-bond acceptors (Lipinski definition) is 4. The molecule has 0 saturated heterocycles. The van der Waals surface area contributed by atoms with E-state index >= 15 is 0 Å². The van der Waals surface area contributed by atoms with E-state index in [1.54, 1.807) is 0 Å². The first kappa shape index (κ1) is 15.2. The average Bonchev–Trinajstić information content (AvgIpc) is 2.36. The lowest BCUT2D eigenvalue weighted by atomic mass is 9.92. The maximum Gasteiger partial charge on any atom is 0.350 e. The Morgan fingerprint density at radius 2 is 2.05 bits per heavy atom. The molecule has 8 nitrogen and oxygen atoms in total. The molecule has 1 fully saturated rings. The third-order valence-corrected chi connectivity index (χ3v) is 3.82. The second kappa shape index (κ2) is 6.05. The molecule has 20 heavy (non-hydrogen) atoms. The number of hydrogen-bond donors (Lipinski definition) is 3. The fourth-order valence-electron chi connectivity index (χ4n) is 2.47. The molecule has 1 saturated carbocycles. The van der Waals surface area contributed by atoms with Crippen LogP contribution in [0.25, 0.3) is 0 Å². The minimum Gasteiger partial charge on any atom is -0.363 e. The molecule has 1 aliphatic rings. The predicted molar refractivity (Wildman–Crippen MR) is 70.6 cm³/mol. The van der Waals surface area contributed by atoms with Gasteiger partial charge in [0.2, 0.25) is 0 Å². The lowest BCUT2D eigenvalue weighted by Crippen LogP contribution is -2.39. The van der Waals surface area contributed by atoms with Gasteiger partial charge in [-0.3, -0.25) is 18.9 Å². The summed E-state index contributed by atoms with van der Waals surface area (Å²) in [5.41, 5.74) is -1.01. The number of aromatic nitrogens is 2. The van der Waals surface area contributed by atoms with Crippen molar-refractivity contribution in [1.82, 2.24) is 9.55 Å². The van der Waals surface area contributed by atoms with Gasteiger partial charge in [0.05, 0.1) is 12.1 Å². The molecule has 0 radical (unpaired) electrons. The normalized spacial score (nSPS) is 23.7. The van der Waals surface area contributed by atoms with Crippen LogP contribution in [0.15, 0.2) is 21.9 Å². The van der Waals surface area contributed by atoms with Gasteiger partial charge < -0.3 is 14.5 Å². The Kier molecular flexibility index (Phi) is 4.59. The van der Waals surface area contributed by atoms with Gasteiger partial charge in [0.25, 0.3) is 5.56 Å². The molecular weight excluding hydrogens is 287 g/mol. The lowest BCUT2D eigenvalue weighted by molar-refractivity contribution is 0.00947. The van der Waals surface area contributed by atoms with Crippen LogP contribution in [0.5, 0.6) is 0 Å². The monoisotopic (exact) mass is 304 g/mol. The van der Waals surface area contributed by atoms with Crippen LogP contribution in [0.3, 0.4) is 0 Å². The van der Waals surface area contributed by atoms with E-state index in [2.05, 4.69) is 4.98 Å². The Balaban J connectivity index is 2.20. The molecule has 2 atom stereocenters. The number of nitrogens with zero attached hydrogens (tertiary/aromatic N) is 1. The highest BCUT2D eigenvalue weighted by molar-refractivity contribution is 7.51. The van der Waals surface area contributed by atoms with Crippen LogP contribution in [-0.2, 0) is 9.30 Å². The summed E-state index contributed by atoms with van der Waals surface area (Å²) >= 11 is 0.